The molecule has 0 spiro atoms. The molecule has 1 N–H and O–H groups in total. The monoisotopic (exact) mass is 349 g/mol. The van der Waals surface area contributed by atoms with Crippen LogP contribution in [0.25, 0.3) is 10.9 Å². The standard InChI is InChI=1S/C22H27N3O/c1-5-25(6-2)18-13-11-17(12-14-18)23-22(26)15-20-16(3)24(4)21-10-8-7-9-19(20)21/h7-14H,5-6,15H2,1-4H3,(H,23,26). The molecule has 4 nitrogen and oxygen atoms in total. The maximum absolute atomic E-state index is 12.6. The van der Waals surface area contributed by atoms with E-state index in [1.165, 1.54) is 5.69 Å². The van der Waals surface area contributed by atoms with Crippen LogP contribution in [0.5, 0.6) is 0 Å². The van der Waals surface area contributed by atoms with Gasteiger partial charge in [-0.3, -0.25) is 4.79 Å². The number of para-hydroxylation sites is 1. The Morgan fingerprint density at radius 1 is 1.04 bits per heavy atom. The van der Waals surface area contributed by atoms with Crippen LogP contribution in [-0.4, -0.2) is 23.6 Å². The van der Waals surface area contributed by atoms with E-state index in [-0.39, 0.29) is 5.91 Å². The molecule has 1 aromatic heterocycles. The molecule has 26 heavy (non-hydrogen) atoms. The zero-order valence-electron chi connectivity index (χ0n) is 16.0. The number of amides is 1. The highest BCUT2D eigenvalue weighted by molar-refractivity contribution is 5.96. The van der Waals surface area contributed by atoms with Crippen molar-refractivity contribution in [2.75, 3.05) is 23.3 Å². The highest BCUT2D eigenvalue weighted by Crippen LogP contribution is 2.25. The van der Waals surface area contributed by atoms with Crippen LogP contribution in [0.1, 0.15) is 25.1 Å². The molecule has 4 heteroatoms. The lowest BCUT2D eigenvalue weighted by Gasteiger charge is -2.21. The van der Waals surface area contributed by atoms with Crippen LogP contribution in [0.3, 0.4) is 0 Å². The van der Waals surface area contributed by atoms with Gasteiger partial charge in [-0.25, -0.2) is 0 Å². The van der Waals surface area contributed by atoms with Gasteiger partial charge in [-0.2, -0.15) is 0 Å². The third kappa shape index (κ3) is 3.45. The zero-order valence-corrected chi connectivity index (χ0v) is 16.0. The average molecular weight is 349 g/mol. The number of rotatable bonds is 6. The summed E-state index contributed by atoms with van der Waals surface area (Å²) in [6.45, 7) is 8.31. The number of hydrogen-bond acceptors (Lipinski definition) is 2. The number of anilines is 2. The number of aromatic nitrogens is 1. The van der Waals surface area contributed by atoms with Crippen molar-refractivity contribution in [2.24, 2.45) is 7.05 Å². The number of hydrogen-bond donors (Lipinski definition) is 1. The first-order valence-electron chi connectivity index (χ1n) is 9.22. The lowest BCUT2D eigenvalue weighted by molar-refractivity contribution is -0.115. The van der Waals surface area contributed by atoms with Crippen LogP contribution in [0.15, 0.2) is 48.5 Å². The predicted molar refractivity (Wildman–Crippen MR) is 110 cm³/mol. The summed E-state index contributed by atoms with van der Waals surface area (Å²) in [5, 5.41) is 4.18. The fourth-order valence-electron chi connectivity index (χ4n) is 3.53. The first-order chi connectivity index (χ1) is 12.5. The topological polar surface area (TPSA) is 37.3 Å². The van der Waals surface area contributed by atoms with Crippen LogP contribution < -0.4 is 10.2 Å². The largest absolute Gasteiger partial charge is 0.372 e. The molecule has 1 amide bonds. The Morgan fingerprint density at radius 3 is 2.35 bits per heavy atom. The molecular weight excluding hydrogens is 322 g/mol. The van der Waals surface area contributed by atoms with Gasteiger partial charge in [0.1, 0.15) is 0 Å². The van der Waals surface area contributed by atoms with Crippen molar-refractivity contribution in [2.45, 2.75) is 27.2 Å². The molecule has 0 saturated carbocycles. The van der Waals surface area contributed by atoms with Gasteiger partial charge in [0, 0.05) is 48.1 Å². The van der Waals surface area contributed by atoms with Gasteiger partial charge in [-0.05, 0) is 56.7 Å². The summed E-state index contributed by atoms with van der Waals surface area (Å²) in [5.74, 6) is 0.0139. The summed E-state index contributed by atoms with van der Waals surface area (Å²) in [5.41, 5.74) is 5.41. The molecule has 0 radical (unpaired) electrons. The molecule has 1 heterocycles. The molecule has 0 aliphatic heterocycles. The highest BCUT2D eigenvalue weighted by Gasteiger charge is 2.15. The van der Waals surface area contributed by atoms with Gasteiger partial charge in [0.15, 0.2) is 0 Å². The van der Waals surface area contributed by atoms with Gasteiger partial charge in [0.25, 0.3) is 0 Å². The van der Waals surface area contributed by atoms with Crippen LogP contribution in [-0.2, 0) is 18.3 Å². The Bertz CT molecular complexity index is 905. The molecule has 0 atom stereocenters. The SMILES string of the molecule is CCN(CC)c1ccc(NC(=O)Cc2c(C)n(C)c3ccccc23)cc1. The van der Waals surface area contributed by atoms with E-state index in [4.69, 9.17) is 0 Å². The van der Waals surface area contributed by atoms with Crippen LogP contribution >= 0.6 is 0 Å². The third-order valence-corrected chi connectivity index (χ3v) is 5.15. The minimum atomic E-state index is 0.0139. The van der Waals surface area contributed by atoms with Gasteiger partial charge >= 0.3 is 0 Å². The number of nitrogens with zero attached hydrogens (tertiary/aromatic N) is 2. The maximum atomic E-state index is 12.6. The van der Waals surface area contributed by atoms with E-state index in [2.05, 4.69) is 59.8 Å². The second kappa shape index (κ2) is 7.65. The molecule has 0 aliphatic carbocycles. The number of aryl methyl sites for hydroxylation is 1. The minimum Gasteiger partial charge on any atom is -0.372 e. The van der Waals surface area contributed by atoms with Crippen molar-refractivity contribution in [1.29, 1.82) is 0 Å². The van der Waals surface area contributed by atoms with Crippen molar-refractivity contribution in [1.82, 2.24) is 4.57 Å². The number of fused-ring (bicyclic) bond motifs is 1. The quantitative estimate of drug-likeness (QED) is 0.711. The molecular formula is C22H27N3O. The van der Waals surface area contributed by atoms with Gasteiger partial charge in [0.2, 0.25) is 5.91 Å². The maximum Gasteiger partial charge on any atom is 0.228 e. The Kier molecular flexibility index (Phi) is 5.31. The van der Waals surface area contributed by atoms with E-state index in [9.17, 15) is 4.79 Å². The molecule has 0 saturated heterocycles. The molecule has 0 fully saturated rings. The lowest BCUT2D eigenvalue weighted by Crippen LogP contribution is -2.21. The number of carbonyl (C=O) groups excluding carboxylic acids is 1. The van der Waals surface area contributed by atoms with Gasteiger partial charge < -0.3 is 14.8 Å². The Morgan fingerprint density at radius 2 is 1.69 bits per heavy atom. The van der Waals surface area contributed by atoms with Crippen molar-refractivity contribution in [3.05, 3.63) is 59.8 Å². The van der Waals surface area contributed by atoms with Gasteiger partial charge in [-0.15, -0.1) is 0 Å². The zero-order chi connectivity index (χ0) is 18.7. The van der Waals surface area contributed by atoms with E-state index in [0.29, 0.717) is 6.42 Å². The Labute approximate surface area is 155 Å². The summed E-state index contributed by atoms with van der Waals surface area (Å²) in [6.07, 6.45) is 0.380. The number of nitrogens with one attached hydrogen (secondary N) is 1. The van der Waals surface area contributed by atoms with Crippen molar-refractivity contribution in [3.63, 3.8) is 0 Å². The first-order valence-corrected chi connectivity index (χ1v) is 9.22. The van der Waals surface area contributed by atoms with Gasteiger partial charge in [0.05, 0.1) is 6.42 Å². The van der Waals surface area contributed by atoms with E-state index in [1.54, 1.807) is 0 Å². The molecule has 2 aromatic carbocycles. The number of carbonyl (C=O) groups is 1. The molecule has 3 rings (SSSR count). The fourth-order valence-corrected chi connectivity index (χ4v) is 3.53. The predicted octanol–water partition coefficient (Wildman–Crippen LogP) is 4.51. The highest BCUT2D eigenvalue weighted by atomic mass is 16.1. The molecule has 0 unspecified atom stereocenters. The summed E-state index contributed by atoms with van der Waals surface area (Å²) in [6, 6.07) is 16.3. The number of benzene rings is 2. The Balaban J connectivity index is 1.75. The van der Waals surface area contributed by atoms with E-state index >= 15 is 0 Å². The molecule has 136 valence electrons. The fraction of sp³-hybridized carbons (Fsp3) is 0.318. The lowest BCUT2D eigenvalue weighted by atomic mass is 10.1. The summed E-state index contributed by atoms with van der Waals surface area (Å²) < 4.78 is 2.15. The first kappa shape index (κ1) is 18.1. The second-order valence-corrected chi connectivity index (χ2v) is 6.58. The molecule has 0 bridgehead atoms. The van der Waals surface area contributed by atoms with E-state index in [0.717, 1.165) is 40.9 Å². The van der Waals surface area contributed by atoms with Crippen LogP contribution in [0.2, 0.25) is 0 Å². The van der Waals surface area contributed by atoms with Crippen molar-refractivity contribution >= 4 is 28.2 Å². The normalized spacial score (nSPS) is 10.9. The Hall–Kier alpha value is -2.75. The average Bonchev–Trinajstić information content (AvgIpc) is 2.89. The minimum absolute atomic E-state index is 0.0139. The summed E-state index contributed by atoms with van der Waals surface area (Å²) >= 11 is 0. The summed E-state index contributed by atoms with van der Waals surface area (Å²) in [7, 11) is 2.05. The van der Waals surface area contributed by atoms with Crippen LogP contribution in [0, 0.1) is 6.92 Å². The van der Waals surface area contributed by atoms with E-state index in [1.807, 2.05) is 31.3 Å². The smallest absolute Gasteiger partial charge is 0.228 e. The second-order valence-electron chi connectivity index (χ2n) is 6.58. The van der Waals surface area contributed by atoms with E-state index < -0.39 is 0 Å². The molecule has 3 aromatic rings. The van der Waals surface area contributed by atoms with Crippen molar-refractivity contribution in [3.8, 4) is 0 Å². The van der Waals surface area contributed by atoms with Crippen LogP contribution in [0.4, 0.5) is 11.4 Å². The molecule has 0 aliphatic rings. The summed E-state index contributed by atoms with van der Waals surface area (Å²) in [4.78, 5) is 14.9. The van der Waals surface area contributed by atoms with Crippen molar-refractivity contribution < 1.29 is 4.79 Å². The van der Waals surface area contributed by atoms with Gasteiger partial charge in [-0.1, -0.05) is 18.2 Å². The third-order valence-electron chi connectivity index (χ3n) is 5.15.